The highest BCUT2D eigenvalue weighted by atomic mass is 35.5. The third-order valence-corrected chi connectivity index (χ3v) is 3.45. The summed E-state index contributed by atoms with van der Waals surface area (Å²) in [6.07, 6.45) is 8.61. The number of aromatic nitrogens is 1. The first-order valence-corrected chi connectivity index (χ1v) is 5.99. The molecule has 0 saturated heterocycles. The second-order valence-electron chi connectivity index (χ2n) is 4.46. The molecule has 0 aromatic carbocycles. The van der Waals surface area contributed by atoms with E-state index in [4.69, 9.17) is 11.6 Å². The van der Waals surface area contributed by atoms with Crippen LogP contribution in [0.1, 0.15) is 32.6 Å². The maximum atomic E-state index is 6.05. The van der Waals surface area contributed by atoms with Gasteiger partial charge in [-0.3, -0.25) is 4.98 Å². The zero-order valence-corrected chi connectivity index (χ0v) is 9.80. The molecule has 0 amide bonds. The lowest BCUT2D eigenvalue weighted by Gasteiger charge is -2.27. The largest absolute Gasteiger partial charge is 0.381 e. The molecule has 0 radical (unpaired) electrons. The highest BCUT2D eigenvalue weighted by Gasteiger charge is 2.18. The summed E-state index contributed by atoms with van der Waals surface area (Å²) in [5.74, 6) is 0.885. The molecule has 1 aliphatic rings. The van der Waals surface area contributed by atoms with Gasteiger partial charge in [0.25, 0.3) is 0 Å². The molecule has 1 heterocycles. The topological polar surface area (TPSA) is 24.9 Å². The first-order chi connectivity index (χ1) is 7.25. The molecule has 15 heavy (non-hydrogen) atoms. The second-order valence-corrected chi connectivity index (χ2v) is 4.86. The van der Waals surface area contributed by atoms with Gasteiger partial charge in [-0.1, -0.05) is 18.5 Å². The first-order valence-electron chi connectivity index (χ1n) is 5.62. The van der Waals surface area contributed by atoms with Gasteiger partial charge in [0.15, 0.2) is 0 Å². The van der Waals surface area contributed by atoms with Crippen LogP contribution in [-0.4, -0.2) is 11.0 Å². The summed E-state index contributed by atoms with van der Waals surface area (Å²) in [6, 6.07) is 2.53. The van der Waals surface area contributed by atoms with E-state index in [0.717, 1.165) is 16.6 Å². The van der Waals surface area contributed by atoms with Gasteiger partial charge in [0.05, 0.1) is 10.7 Å². The summed E-state index contributed by atoms with van der Waals surface area (Å²) in [4.78, 5) is 3.98. The van der Waals surface area contributed by atoms with E-state index >= 15 is 0 Å². The molecule has 1 aromatic heterocycles. The Labute approximate surface area is 96.1 Å². The molecule has 1 fully saturated rings. The maximum Gasteiger partial charge on any atom is 0.0820 e. The summed E-state index contributed by atoms with van der Waals surface area (Å²) in [5.41, 5.74) is 1.02. The van der Waals surface area contributed by atoms with Crippen molar-refractivity contribution in [3.8, 4) is 0 Å². The third-order valence-electron chi connectivity index (χ3n) is 3.15. The van der Waals surface area contributed by atoms with E-state index in [0.29, 0.717) is 6.04 Å². The van der Waals surface area contributed by atoms with Crippen LogP contribution in [-0.2, 0) is 0 Å². The van der Waals surface area contributed by atoms with Crippen LogP contribution in [0.3, 0.4) is 0 Å². The van der Waals surface area contributed by atoms with Crippen molar-refractivity contribution in [2.24, 2.45) is 5.92 Å². The fourth-order valence-electron chi connectivity index (χ4n) is 2.12. The molecule has 0 aliphatic heterocycles. The predicted molar refractivity (Wildman–Crippen MR) is 64.3 cm³/mol. The lowest BCUT2D eigenvalue weighted by Crippen LogP contribution is -2.25. The molecule has 1 aromatic rings. The van der Waals surface area contributed by atoms with Crippen molar-refractivity contribution in [2.45, 2.75) is 38.6 Å². The highest BCUT2D eigenvalue weighted by Crippen LogP contribution is 2.28. The molecule has 2 rings (SSSR count). The SMILES string of the molecule is CC1CCC(Nc2ccncc2Cl)CC1. The normalized spacial score (nSPS) is 26.3. The summed E-state index contributed by atoms with van der Waals surface area (Å²) in [5, 5.41) is 4.22. The monoisotopic (exact) mass is 224 g/mol. The zero-order valence-electron chi connectivity index (χ0n) is 9.04. The molecule has 0 unspecified atom stereocenters. The van der Waals surface area contributed by atoms with Crippen LogP contribution in [0.15, 0.2) is 18.5 Å². The van der Waals surface area contributed by atoms with Crippen LogP contribution in [0.4, 0.5) is 5.69 Å². The fourth-order valence-corrected chi connectivity index (χ4v) is 2.29. The molecule has 0 bridgehead atoms. The van der Waals surface area contributed by atoms with Crippen molar-refractivity contribution in [3.63, 3.8) is 0 Å². The smallest absolute Gasteiger partial charge is 0.0820 e. The molecular weight excluding hydrogens is 208 g/mol. The number of hydrogen-bond donors (Lipinski definition) is 1. The van der Waals surface area contributed by atoms with Gasteiger partial charge in [0.1, 0.15) is 0 Å². The van der Waals surface area contributed by atoms with Crippen molar-refractivity contribution in [1.29, 1.82) is 0 Å². The van der Waals surface area contributed by atoms with Gasteiger partial charge in [-0.15, -0.1) is 0 Å². The number of nitrogens with zero attached hydrogens (tertiary/aromatic N) is 1. The first kappa shape index (κ1) is 10.7. The predicted octanol–water partition coefficient (Wildman–Crippen LogP) is 3.73. The molecule has 0 atom stereocenters. The molecule has 1 aliphatic carbocycles. The minimum Gasteiger partial charge on any atom is -0.381 e. The fraction of sp³-hybridized carbons (Fsp3) is 0.583. The Morgan fingerprint density at radius 3 is 2.73 bits per heavy atom. The molecule has 1 saturated carbocycles. The van der Waals surface area contributed by atoms with Crippen LogP contribution < -0.4 is 5.32 Å². The van der Waals surface area contributed by atoms with Gasteiger partial charge >= 0.3 is 0 Å². The Kier molecular flexibility index (Phi) is 3.47. The average Bonchev–Trinajstić information content (AvgIpc) is 2.25. The Morgan fingerprint density at radius 2 is 2.07 bits per heavy atom. The van der Waals surface area contributed by atoms with Gasteiger partial charge in [0, 0.05) is 18.4 Å². The molecular formula is C12H17ClN2. The average molecular weight is 225 g/mol. The third kappa shape index (κ3) is 2.85. The molecule has 1 N–H and O–H groups in total. The Bertz CT molecular complexity index is 319. The summed E-state index contributed by atoms with van der Waals surface area (Å²) in [6.45, 7) is 2.33. The zero-order chi connectivity index (χ0) is 10.7. The lowest BCUT2D eigenvalue weighted by molar-refractivity contribution is 0.361. The minimum atomic E-state index is 0.584. The van der Waals surface area contributed by atoms with E-state index in [-0.39, 0.29) is 0 Å². The minimum absolute atomic E-state index is 0.584. The van der Waals surface area contributed by atoms with E-state index in [9.17, 15) is 0 Å². The van der Waals surface area contributed by atoms with Gasteiger partial charge in [-0.25, -0.2) is 0 Å². The Balaban J connectivity index is 1.95. The Hall–Kier alpha value is -0.760. The van der Waals surface area contributed by atoms with Gasteiger partial charge in [0.2, 0.25) is 0 Å². The molecule has 2 nitrogen and oxygen atoms in total. The summed E-state index contributed by atoms with van der Waals surface area (Å²) < 4.78 is 0. The van der Waals surface area contributed by atoms with Crippen molar-refractivity contribution in [1.82, 2.24) is 4.98 Å². The molecule has 82 valence electrons. The van der Waals surface area contributed by atoms with Crippen molar-refractivity contribution < 1.29 is 0 Å². The van der Waals surface area contributed by atoms with E-state index < -0.39 is 0 Å². The number of nitrogens with one attached hydrogen (secondary N) is 1. The van der Waals surface area contributed by atoms with Crippen LogP contribution in [0, 0.1) is 5.92 Å². The van der Waals surface area contributed by atoms with Crippen molar-refractivity contribution in [2.75, 3.05) is 5.32 Å². The Morgan fingerprint density at radius 1 is 1.33 bits per heavy atom. The van der Waals surface area contributed by atoms with E-state index in [1.54, 1.807) is 12.4 Å². The van der Waals surface area contributed by atoms with Crippen LogP contribution in [0.25, 0.3) is 0 Å². The number of anilines is 1. The standard InChI is InChI=1S/C12H17ClN2/c1-9-2-4-10(5-3-9)15-12-6-7-14-8-11(12)13/h6-10H,2-5H2,1H3,(H,14,15). The summed E-state index contributed by atoms with van der Waals surface area (Å²) in [7, 11) is 0. The van der Waals surface area contributed by atoms with E-state index in [1.807, 2.05) is 6.07 Å². The number of hydrogen-bond acceptors (Lipinski definition) is 2. The van der Waals surface area contributed by atoms with Crippen molar-refractivity contribution >= 4 is 17.3 Å². The van der Waals surface area contributed by atoms with Gasteiger partial charge < -0.3 is 5.32 Å². The van der Waals surface area contributed by atoms with Crippen molar-refractivity contribution in [3.05, 3.63) is 23.5 Å². The van der Waals surface area contributed by atoms with Gasteiger partial charge in [-0.2, -0.15) is 0 Å². The number of halogens is 1. The van der Waals surface area contributed by atoms with Gasteiger partial charge in [-0.05, 0) is 37.7 Å². The molecule has 0 spiro atoms. The van der Waals surface area contributed by atoms with Crippen LogP contribution >= 0.6 is 11.6 Å². The number of rotatable bonds is 2. The quantitative estimate of drug-likeness (QED) is 0.828. The highest BCUT2D eigenvalue weighted by molar-refractivity contribution is 6.33. The number of pyridine rings is 1. The summed E-state index contributed by atoms with van der Waals surface area (Å²) >= 11 is 6.05. The van der Waals surface area contributed by atoms with E-state index in [2.05, 4.69) is 17.2 Å². The van der Waals surface area contributed by atoms with Crippen LogP contribution in [0.2, 0.25) is 5.02 Å². The second kappa shape index (κ2) is 4.84. The maximum absolute atomic E-state index is 6.05. The van der Waals surface area contributed by atoms with E-state index in [1.165, 1.54) is 25.7 Å². The van der Waals surface area contributed by atoms with Crippen LogP contribution in [0.5, 0.6) is 0 Å². The molecule has 3 heteroatoms. The lowest BCUT2D eigenvalue weighted by atomic mass is 9.87.